The Kier molecular flexibility index (Phi) is 6.10. The predicted octanol–water partition coefficient (Wildman–Crippen LogP) is 4.55. The lowest BCUT2D eigenvalue weighted by atomic mass is 10.2. The molecule has 0 spiro atoms. The molecule has 3 aromatic rings. The van der Waals surface area contributed by atoms with Crippen molar-refractivity contribution in [1.82, 2.24) is 15.2 Å². The minimum atomic E-state index is -0.0354. The van der Waals surface area contributed by atoms with E-state index in [1.165, 1.54) is 24.2 Å². The third kappa shape index (κ3) is 4.46. The van der Waals surface area contributed by atoms with Gasteiger partial charge in [0, 0.05) is 17.5 Å². The van der Waals surface area contributed by atoms with Gasteiger partial charge in [0.1, 0.15) is 10.8 Å². The first kappa shape index (κ1) is 19.2. The second kappa shape index (κ2) is 8.90. The Morgan fingerprint density at radius 3 is 2.82 bits per heavy atom. The number of likely N-dealkylation sites (tertiary alicyclic amines) is 1. The molecule has 0 saturated carbocycles. The van der Waals surface area contributed by atoms with Gasteiger partial charge in [0.25, 0.3) is 0 Å². The van der Waals surface area contributed by atoms with Crippen molar-refractivity contribution in [2.75, 3.05) is 19.6 Å². The van der Waals surface area contributed by atoms with Crippen LogP contribution < -0.4 is 5.32 Å². The van der Waals surface area contributed by atoms with Gasteiger partial charge in [-0.1, -0.05) is 29.8 Å². The molecular weight excluding hydrogens is 394 g/mol. The number of nitrogens with one attached hydrogen (secondary N) is 1. The van der Waals surface area contributed by atoms with E-state index in [-0.39, 0.29) is 18.4 Å². The first-order valence-corrected chi connectivity index (χ1v) is 10.7. The summed E-state index contributed by atoms with van der Waals surface area (Å²) in [6, 6.07) is 11.6. The Bertz CT molecular complexity index is 919. The summed E-state index contributed by atoms with van der Waals surface area (Å²) in [6.45, 7) is 2.61. The number of aromatic nitrogens is 1. The summed E-state index contributed by atoms with van der Waals surface area (Å²) in [5.41, 5.74) is 1.65. The molecule has 2 aromatic heterocycles. The zero-order valence-electron chi connectivity index (χ0n) is 15.4. The number of amides is 1. The first-order valence-electron chi connectivity index (χ1n) is 9.44. The lowest BCUT2D eigenvalue weighted by Gasteiger charge is -2.25. The Morgan fingerprint density at radius 1 is 1.25 bits per heavy atom. The number of benzene rings is 1. The number of carbonyl (C=O) groups excluding carboxylic acids is 1. The van der Waals surface area contributed by atoms with Crippen molar-refractivity contribution < 1.29 is 9.21 Å². The molecule has 0 bridgehead atoms. The van der Waals surface area contributed by atoms with E-state index >= 15 is 0 Å². The lowest BCUT2D eigenvalue weighted by Crippen LogP contribution is -2.37. The number of furan rings is 1. The van der Waals surface area contributed by atoms with Crippen molar-refractivity contribution >= 4 is 28.8 Å². The summed E-state index contributed by atoms with van der Waals surface area (Å²) >= 11 is 7.75. The molecule has 7 heteroatoms. The van der Waals surface area contributed by atoms with E-state index in [4.69, 9.17) is 16.0 Å². The largest absolute Gasteiger partial charge is 0.468 e. The van der Waals surface area contributed by atoms with Gasteiger partial charge in [0.15, 0.2) is 0 Å². The van der Waals surface area contributed by atoms with Crippen LogP contribution in [-0.2, 0) is 11.2 Å². The fourth-order valence-electron chi connectivity index (χ4n) is 3.53. The molecular formula is C21H22ClN3O2S. The van der Waals surface area contributed by atoms with Crippen molar-refractivity contribution in [3.05, 3.63) is 64.5 Å². The van der Waals surface area contributed by atoms with Crippen molar-refractivity contribution in [1.29, 1.82) is 0 Å². The molecule has 1 N–H and O–H groups in total. The summed E-state index contributed by atoms with van der Waals surface area (Å²) in [7, 11) is 0. The number of hydrogen-bond donors (Lipinski definition) is 1. The van der Waals surface area contributed by atoms with E-state index in [9.17, 15) is 4.79 Å². The Balaban J connectivity index is 1.37. The predicted molar refractivity (Wildman–Crippen MR) is 112 cm³/mol. The number of carbonyl (C=O) groups is 1. The Morgan fingerprint density at radius 2 is 2.07 bits per heavy atom. The molecule has 1 saturated heterocycles. The molecule has 1 aromatic carbocycles. The fourth-order valence-corrected chi connectivity index (χ4v) is 4.67. The van der Waals surface area contributed by atoms with E-state index in [0.717, 1.165) is 35.1 Å². The van der Waals surface area contributed by atoms with Gasteiger partial charge in [-0.2, -0.15) is 0 Å². The average molecular weight is 416 g/mol. The summed E-state index contributed by atoms with van der Waals surface area (Å²) in [6.07, 6.45) is 4.32. The standard InChI is InChI=1S/C21H22ClN3O2S/c22-17-7-2-1-6-16(17)21-24-15(14-28-21)12-20(26)23-13-18(19-8-5-11-27-19)25-9-3-4-10-25/h1-2,5-8,11,14,18H,3-4,9-10,12-13H2,(H,23,26). The maximum absolute atomic E-state index is 12.5. The molecule has 1 amide bonds. The number of nitrogens with zero attached hydrogens (tertiary/aromatic N) is 2. The monoisotopic (exact) mass is 415 g/mol. The van der Waals surface area contributed by atoms with Crippen molar-refractivity contribution in [3.63, 3.8) is 0 Å². The molecule has 1 unspecified atom stereocenters. The minimum Gasteiger partial charge on any atom is -0.468 e. The van der Waals surface area contributed by atoms with Crippen LogP contribution in [0, 0.1) is 0 Å². The van der Waals surface area contributed by atoms with Crippen LogP contribution in [0.4, 0.5) is 0 Å². The van der Waals surface area contributed by atoms with Crippen LogP contribution in [-0.4, -0.2) is 35.4 Å². The normalized spacial score (nSPS) is 15.6. The van der Waals surface area contributed by atoms with E-state index in [1.54, 1.807) is 6.26 Å². The quantitative estimate of drug-likeness (QED) is 0.614. The third-order valence-electron chi connectivity index (χ3n) is 4.94. The molecule has 1 aliphatic heterocycles. The molecule has 4 rings (SSSR count). The molecule has 5 nitrogen and oxygen atoms in total. The number of rotatable bonds is 7. The van der Waals surface area contributed by atoms with Gasteiger partial charge in [0.05, 0.1) is 29.4 Å². The van der Waals surface area contributed by atoms with E-state index in [1.807, 2.05) is 41.8 Å². The van der Waals surface area contributed by atoms with E-state index < -0.39 is 0 Å². The van der Waals surface area contributed by atoms with E-state index in [0.29, 0.717) is 11.6 Å². The van der Waals surface area contributed by atoms with Gasteiger partial charge in [-0.15, -0.1) is 11.3 Å². The van der Waals surface area contributed by atoms with Gasteiger partial charge >= 0.3 is 0 Å². The summed E-state index contributed by atoms with van der Waals surface area (Å²) in [5.74, 6) is 0.864. The first-order chi connectivity index (χ1) is 13.7. The van der Waals surface area contributed by atoms with Crippen LogP contribution in [0.25, 0.3) is 10.6 Å². The molecule has 28 heavy (non-hydrogen) atoms. The zero-order chi connectivity index (χ0) is 19.3. The molecule has 3 heterocycles. The van der Waals surface area contributed by atoms with Crippen molar-refractivity contribution in [2.24, 2.45) is 0 Å². The Labute approximate surface area is 173 Å². The van der Waals surface area contributed by atoms with Gasteiger partial charge < -0.3 is 9.73 Å². The molecule has 1 aliphatic rings. The molecule has 0 radical (unpaired) electrons. The van der Waals surface area contributed by atoms with Gasteiger partial charge in [-0.25, -0.2) is 4.98 Å². The second-order valence-corrected chi connectivity index (χ2v) is 8.14. The molecule has 1 fully saturated rings. The van der Waals surface area contributed by atoms with Crippen LogP contribution in [0.1, 0.15) is 30.3 Å². The lowest BCUT2D eigenvalue weighted by molar-refractivity contribution is -0.120. The van der Waals surface area contributed by atoms with Crippen LogP contribution >= 0.6 is 22.9 Å². The highest BCUT2D eigenvalue weighted by Crippen LogP contribution is 2.30. The summed E-state index contributed by atoms with van der Waals surface area (Å²) < 4.78 is 5.61. The third-order valence-corrected chi connectivity index (χ3v) is 6.20. The van der Waals surface area contributed by atoms with Crippen molar-refractivity contribution in [2.45, 2.75) is 25.3 Å². The highest BCUT2D eigenvalue weighted by atomic mass is 35.5. The summed E-state index contributed by atoms with van der Waals surface area (Å²) in [5, 5.41) is 6.47. The minimum absolute atomic E-state index is 0.0354. The van der Waals surface area contributed by atoms with Crippen LogP contribution in [0.15, 0.2) is 52.5 Å². The van der Waals surface area contributed by atoms with Crippen LogP contribution in [0.5, 0.6) is 0 Å². The van der Waals surface area contributed by atoms with E-state index in [2.05, 4.69) is 15.2 Å². The van der Waals surface area contributed by atoms with Crippen LogP contribution in [0.3, 0.4) is 0 Å². The highest BCUT2D eigenvalue weighted by Gasteiger charge is 2.26. The van der Waals surface area contributed by atoms with Gasteiger partial charge in [0.2, 0.25) is 5.91 Å². The number of hydrogen-bond acceptors (Lipinski definition) is 5. The fraction of sp³-hybridized carbons (Fsp3) is 0.333. The SMILES string of the molecule is O=C(Cc1csc(-c2ccccc2Cl)n1)NCC(c1ccco1)N1CCCC1. The molecule has 146 valence electrons. The van der Waals surface area contributed by atoms with Gasteiger partial charge in [-0.05, 0) is 44.1 Å². The number of halogens is 1. The zero-order valence-corrected chi connectivity index (χ0v) is 17.0. The Hall–Kier alpha value is -2.15. The maximum atomic E-state index is 12.5. The topological polar surface area (TPSA) is 58.4 Å². The second-order valence-electron chi connectivity index (χ2n) is 6.88. The average Bonchev–Trinajstić information content (AvgIpc) is 3.46. The van der Waals surface area contributed by atoms with Gasteiger partial charge in [-0.3, -0.25) is 9.69 Å². The smallest absolute Gasteiger partial charge is 0.226 e. The maximum Gasteiger partial charge on any atom is 0.226 e. The summed E-state index contributed by atoms with van der Waals surface area (Å²) in [4.78, 5) is 19.4. The van der Waals surface area contributed by atoms with Crippen LogP contribution in [0.2, 0.25) is 5.02 Å². The van der Waals surface area contributed by atoms with Crippen molar-refractivity contribution in [3.8, 4) is 10.6 Å². The number of thiazole rings is 1. The molecule has 1 atom stereocenters. The highest BCUT2D eigenvalue weighted by molar-refractivity contribution is 7.13. The molecule has 0 aliphatic carbocycles.